The molecule has 1 aromatic rings. The van der Waals surface area contributed by atoms with Gasteiger partial charge in [0.15, 0.2) is 0 Å². The standard InChI is InChI=1S/C13H25N3O3/c1-13-11-15-16(12-13)5-3-14-4-6-18-9-10-19-8-7-17-2/h11-12,14H,3-10H2,1-2H3. The molecule has 0 aliphatic heterocycles. The van der Waals surface area contributed by atoms with Gasteiger partial charge < -0.3 is 19.5 Å². The highest BCUT2D eigenvalue weighted by atomic mass is 16.5. The van der Waals surface area contributed by atoms with Crippen molar-refractivity contribution in [3.05, 3.63) is 18.0 Å². The highest BCUT2D eigenvalue weighted by Crippen LogP contribution is 1.92. The van der Waals surface area contributed by atoms with Crippen molar-refractivity contribution in [1.29, 1.82) is 0 Å². The van der Waals surface area contributed by atoms with Crippen LogP contribution in [0.15, 0.2) is 12.4 Å². The fraction of sp³-hybridized carbons (Fsp3) is 0.769. The van der Waals surface area contributed by atoms with E-state index < -0.39 is 0 Å². The SMILES string of the molecule is COCCOCCOCCNCCn1cc(C)cn1. The molecule has 0 amide bonds. The van der Waals surface area contributed by atoms with Crippen molar-refractivity contribution in [3.8, 4) is 0 Å². The molecular weight excluding hydrogens is 246 g/mol. The summed E-state index contributed by atoms with van der Waals surface area (Å²) in [6.45, 7) is 7.88. The summed E-state index contributed by atoms with van der Waals surface area (Å²) in [6, 6.07) is 0. The first-order chi connectivity index (χ1) is 9.33. The Morgan fingerprint density at radius 3 is 2.53 bits per heavy atom. The Kier molecular flexibility index (Phi) is 9.26. The first-order valence-corrected chi connectivity index (χ1v) is 6.67. The van der Waals surface area contributed by atoms with Gasteiger partial charge in [0.1, 0.15) is 0 Å². The lowest BCUT2D eigenvalue weighted by molar-refractivity contribution is 0.0256. The van der Waals surface area contributed by atoms with Crippen molar-refractivity contribution in [2.75, 3.05) is 53.2 Å². The molecule has 0 aliphatic rings. The maximum absolute atomic E-state index is 5.42. The van der Waals surface area contributed by atoms with Crippen molar-refractivity contribution >= 4 is 0 Å². The topological polar surface area (TPSA) is 57.5 Å². The molecule has 6 nitrogen and oxygen atoms in total. The number of hydrogen-bond donors (Lipinski definition) is 1. The van der Waals surface area contributed by atoms with Gasteiger partial charge in [0.2, 0.25) is 0 Å². The van der Waals surface area contributed by atoms with Crippen LogP contribution in [0.3, 0.4) is 0 Å². The number of ether oxygens (including phenoxy) is 3. The van der Waals surface area contributed by atoms with E-state index in [1.807, 2.05) is 24.0 Å². The van der Waals surface area contributed by atoms with Gasteiger partial charge in [0.25, 0.3) is 0 Å². The molecular formula is C13H25N3O3. The molecule has 0 aliphatic carbocycles. The summed E-state index contributed by atoms with van der Waals surface area (Å²) < 4.78 is 17.5. The van der Waals surface area contributed by atoms with Gasteiger partial charge in [-0.15, -0.1) is 0 Å². The highest BCUT2D eigenvalue weighted by molar-refractivity contribution is 4.99. The van der Waals surface area contributed by atoms with E-state index in [9.17, 15) is 0 Å². The summed E-state index contributed by atoms with van der Waals surface area (Å²) in [5, 5.41) is 7.52. The summed E-state index contributed by atoms with van der Waals surface area (Å²) in [6.07, 6.45) is 3.90. The zero-order valence-corrected chi connectivity index (χ0v) is 11.9. The number of hydrogen-bond acceptors (Lipinski definition) is 5. The molecule has 1 aromatic heterocycles. The fourth-order valence-corrected chi connectivity index (χ4v) is 1.52. The van der Waals surface area contributed by atoms with Gasteiger partial charge in [-0.25, -0.2) is 0 Å². The molecule has 0 unspecified atom stereocenters. The summed E-state index contributed by atoms with van der Waals surface area (Å²) in [5.74, 6) is 0. The fourth-order valence-electron chi connectivity index (χ4n) is 1.52. The lowest BCUT2D eigenvalue weighted by atomic mass is 10.4. The van der Waals surface area contributed by atoms with Gasteiger partial charge in [-0.05, 0) is 12.5 Å². The monoisotopic (exact) mass is 271 g/mol. The van der Waals surface area contributed by atoms with E-state index >= 15 is 0 Å². The Balaban J connectivity index is 1.79. The summed E-state index contributed by atoms with van der Waals surface area (Å²) in [7, 11) is 1.66. The number of rotatable bonds is 12. The van der Waals surface area contributed by atoms with E-state index in [0.717, 1.165) is 19.6 Å². The van der Waals surface area contributed by atoms with Crippen LogP contribution in [0, 0.1) is 6.92 Å². The third-order valence-corrected chi connectivity index (χ3v) is 2.51. The predicted molar refractivity (Wildman–Crippen MR) is 73.3 cm³/mol. The van der Waals surface area contributed by atoms with E-state index in [1.165, 1.54) is 5.56 Å². The van der Waals surface area contributed by atoms with Crippen molar-refractivity contribution < 1.29 is 14.2 Å². The van der Waals surface area contributed by atoms with Gasteiger partial charge in [-0.3, -0.25) is 4.68 Å². The Labute approximate surface area is 115 Å². The van der Waals surface area contributed by atoms with Crippen LogP contribution in [0.25, 0.3) is 0 Å². The average molecular weight is 271 g/mol. The Morgan fingerprint density at radius 1 is 1.11 bits per heavy atom. The van der Waals surface area contributed by atoms with Gasteiger partial charge in [-0.2, -0.15) is 5.10 Å². The second kappa shape index (κ2) is 10.9. The molecule has 0 aromatic carbocycles. The Bertz CT molecular complexity index is 318. The number of nitrogens with zero attached hydrogens (tertiary/aromatic N) is 2. The molecule has 110 valence electrons. The maximum Gasteiger partial charge on any atom is 0.0701 e. The second-order valence-electron chi connectivity index (χ2n) is 4.25. The lowest BCUT2D eigenvalue weighted by Crippen LogP contribution is -2.24. The summed E-state index contributed by atoms with van der Waals surface area (Å²) >= 11 is 0. The Hall–Kier alpha value is -0.950. The third-order valence-electron chi connectivity index (χ3n) is 2.51. The van der Waals surface area contributed by atoms with E-state index in [0.29, 0.717) is 33.0 Å². The summed E-state index contributed by atoms with van der Waals surface area (Å²) in [4.78, 5) is 0. The first kappa shape index (κ1) is 16.1. The average Bonchev–Trinajstić information content (AvgIpc) is 2.82. The largest absolute Gasteiger partial charge is 0.382 e. The minimum atomic E-state index is 0.621. The van der Waals surface area contributed by atoms with Crippen molar-refractivity contribution in [1.82, 2.24) is 15.1 Å². The predicted octanol–water partition coefficient (Wildman–Crippen LogP) is 0.461. The third kappa shape index (κ3) is 8.72. The van der Waals surface area contributed by atoms with Crippen LogP contribution >= 0.6 is 0 Å². The van der Waals surface area contributed by atoms with Gasteiger partial charge in [0.05, 0.1) is 45.8 Å². The maximum atomic E-state index is 5.42. The molecule has 6 heteroatoms. The highest BCUT2D eigenvalue weighted by Gasteiger charge is 1.94. The van der Waals surface area contributed by atoms with Gasteiger partial charge in [0, 0.05) is 26.4 Å². The quantitative estimate of drug-likeness (QED) is 0.560. The molecule has 0 saturated heterocycles. The molecule has 0 fully saturated rings. The van der Waals surface area contributed by atoms with Gasteiger partial charge in [-0.1, -0.05) is 0 Å². The van der Waals surface area contributed by atoms with Crippen LogP contribution in [0.5, 0.6) is 0 Å². The van der Waals surface area contributed by atoms with Crippen LogP contribution in [0.1, 0.15) is 5.56 Å². The second-order valence-corrected chi connectivity index (χ2v) is 4.25. The number of nitrogens with one attached hydrogen (secondary N) is 1. The van der Waals surface area contributed by atoms with Crippen LogP contribution in [0.4, 0.5) is 0 Å². The van der Waals surface area contributed by atoms with Crippen molar-refractivity contribution in [3.63, 3.8) is 0 Å². The summed E-state index contributed by atoms with van der Waals surface area (Å²) in [5.41, 5.74) is 1.19. The van der Waals surface area contributed by atoms with Crippen LogP contribution in [-0.4, -0.2) is 63.0 Å². The van der Waals surface area contributed by atoms with Crippen LogP contribution < -0.4 is 5.32 Å². The Morgan fingerprint density at radius 2 is 1.84 bits per heavy atom. The molecule has 1 N–H and O–H groups in total. The molecule has 0 atom stereocenters. The lowest BCUT2D eigenvalue weighted by Gasteiger charge is -2.07. The molecule has 0 radical (unpaired) electrons. The molecule has 19 heavy (non-hydrogen) atoms. The molecule has 1 rings (SSSR count). The normalized spacial score (nSPS) is 11.1. The van der Waals surface area contributed by atoms with Crippen LogP contribution in [-0.2, 0) is 20.8 Å². The zero-order chi connectivity index (χ0) is 13.8. The smallest absolute Gasteiger partial charge is 0.0701 e. The minimum absolute atomic E-state index is 0.621. The minimum Gasteiger partial charge on any atom is -0.382 e. The molecule has 1 heterocycles. The zero-order valence-electron chi connectivity index (χ0n) is 11.9. The number of aromatic nitrogens is 2. The van der Waals surface area contributed by atoms with Crippen LogP contribution in [0.2, 0.25) is 0 Å². The number of methoxy groups -OCH3 is 1. The molecule has 0 bridgehead atoms. The van der Waals surface area contributed by atoms with Crippen molar-refractivity contribution in [2.24, 2.45) is 0 Å². The molecule has 0 saturated carbocycles. The van der Waals surface area contributed by atoms with Gasteiger partial charge >= 0.3 is 0 Å². The van der Waals surface area contributed by atoms with E-state index in [4.69, 9.17) is 14.2 Å². The molecule has 0 spiro atoms. The first-order valence-electron chi connectivity index (χ1n) is 6.67. The van der Waals surface area contributed by atoms with E-state index in [2.05, 4.69) is 10.4 Å². The van der Waals surface area contributed by atoms with E-state index in [1.54, 1.807) is 7.11 Å². The van der Waals surface area contributed by atoms with E-state index in [-0.39, 0.29) is 0 Å². The van der Waals surface area contributed by atoms with Crippen molar-refractivity contribution in [2.45, 2.75) is 13.5 Å². The number of aryl methyl sites for hydroxylation is 1.